The number of para-hydroxylation sites is 1. The molecule has 0 spiro atoms. The highest BCUT2D eigenvalue weighted by atomic mass is 32.2. The molecule has 1 saturated carbocycles. The summed E-state index contributed by atoms with van der Waals surface area (Å²) >= 11 is 0. The number of carbonyl (C=O) groups excluding carboxylic acids is 1. The average Bonchev–Trinajstić information content (AvgIpc) is 3.22. The molecule has 1 aliphatic carbocycles. The zero-order valence-electron chi connectivity index (χ0n) is 15.3. The van der Waals surface area contributed by atoms with Crippen molar-refractivity contribution in [1.29, 1.82) is 0 Å². The number of hydrogen-bond donors (Lipinski definition) is 1. The summed E-state index contributed by atoms with van der Waals surface area (Å²) in [5.74, 6) is 1.12. The van der Waals surface area contributed by atoms with E-state index in [1.165, 1.54) is 0 Å². The predicted molar refractivity (Wildman–Crippen MR) is 105 cm³/mol. The summed E-state index contributed by atoms with van der Waals surface area (Å²) in [5, 5.41) is 2.54. The van der Waals surface area contributed by atoms with Crippen LogP contribution < -0.4 is 10.1 Å². The van der Waals surface area contributed by atoms with Crippen LogP contribution in [-0.4, -0.2) is 25.3 Å². The Kier molecular flexibility index (Phi) is 6.50. The predicted octanol–water partition coefficient (Wildman–Crippen LogP) is 3.84. The lowest BCUT2D eigenvalue weighted by molar-refractivity contribution is -0.120. The lowest BCUT2D eigenvalue weighted by atomic mass is 10.2. The molecule has 144 valence electrons. The number of ether oxygens (including phenoxy) is 1. The van der Waals surface area contributed by atoms with Crippen LogP contribution >= 0.6 is 0 Å². The maximum absolute atomic E-state index is 12.2. The summed E-state index contributed by atoms with van der Waals surface area (Å²) in [6.45, 7) is 0.342. The van der Waals surface area contributed by atoms with Crippen molar-refractivity contribution in [3.63, 3.8) is 0 Å². The molecule has 0 saturated heterocycles. The van der Waals surface area contributed by atoms with E-state index in [9.17, 15) is 13.2 Å². The molecule has 27 heavy (non-hydrogen) atoms. The minimum Gasteiger partial charge on any atom is -0.457 e. The molecule has 5 nitrogen and oxygen atoms in total. The van der Waals surface area contributed by atoms with E-state index in [-0.39, 0.29) is 23.3 Å². The summed E-state index contributed by atoms with van der Waals surface area (Å²) in [4.78, 5) is 12.0. The van der Waals surface area contributed by atoms with E-state index in [2.05, 4.69) is 5.32 Å². The lowest BCUT2D eigenvalue weighted by Gasteiger charge is -2.11. The zero-order valence-corrected chi connectivity index (χ0v) is 16.1. The summed E-state index contributed by atoms with van der Waals surface area (Å²) in [6, 6.07) is 17.0. The fourth-order valence-corrected chi connectivity index (χ4v) is 5.14. The number of sulfone groups is 1. The van der Waals surface area contributed by atoms with Crippen molar-refractivity contribution in [3.8, 4) is 11.5 Å². The van der Waals surface area contributed by atoms with Gasteiger partial charge >= 0.3 is 0 Å². The van der Waals surface area contributed by atoms with Crippen molar-refractivity contribution in [1.82, 2.24) is 5.32 Å². The molecular weight excluding hydrogens is 362 g/mol. The zero-order chi connectivity index (χ0) is 19.1. The van der Waals surface area contributed by atoms with Gasteiger partial charge in [0.15, 0.2) is 9.84 Å². The van der Waals surface area contributed by atoms with Crippen LogP contribution in [0.5, 0.6) is 11.5 Å². The van der Waals surface area contributed by atoms with Crippen LogP contribution in [0.15, 0.2) is 54.6 Å². The molecule has 6 heteroatoms. The first-order valence-electron chi connectivity index (χ1n) is 9.33. The van der Waals surface area contributed by atoms with Crippen LogP contribution in [0, 0.1) is 0 Å². The molecule has 1 fully saturated rings. The van der Waals surface area contributed by atoms with E-state index in [0.29, 0.717) is 12.3 Å². The Bertz CT molecular complexity index is 859. The van der Waals surface area contributed by atoms with Gasteiger partial charge in [0.1, 0.15) is 11.5 Å². The molecule has 0 aliphatic heterocycles. The number of rotatable bonds is 8. The van der Waals surface area contributed by atoms with E-state index >= 15 is 0 Å². The summed E-state index contributed by atoms with van der Waals surface area (Å²) in [5.41, 5.74) is 0.899. The number of carbonyl (C=O) groups is 1. The van der Waals surface area contributed by atoms with Crippen LogP contribution in [0.3, 0.4) is 0 Å². The molecule has 1 N–H and O–H groups in total. The molecular formula is C21H25NO4S. The van der Waals surface area contributed by atoms with Gasteiger partial charge in [0.2, 0.25) is 5.91 Å². The molecule has 0 unspecified atom stereocenters. The monoisotopic (exact) mass is 387 g/mol. The highest BCUT2D eigenvalue weighted by Gasteiger charge is 2.28. The van der Waals surface area contributed by atoms with E-state index in [0.717, 1.165) is 37.0 Å². The summed E-state index contributed by atoms with van der Waals surface area (Å²) in [6.07, 6.45) is 3.42. The van der Waals surface area contributed by atoms with Gasteiger partial charge in [-0.05, 0) is 42.7 Å². The van der Waals surface area contributed by atoms with Crippen LogP contribution in [0.2, 0.25) is 0 Å². The van der Waals surface area contributed by atoms with E-state index in [4.69, 9.17) is 4.74 Å². The van der Waals surface area contributed by atoms with Gasteiger partial charge in [-0.1, -0.05) is 43.2 Å². The van der Waals surface area contributed by atoms with Gasteiger partial charge in [-0.3, -0.25) is 4.79 Å². The molecule has 2 aromatic carbocycles. The molecule has 1 aliphatic rings. The molecule has 1 amide bonds. The van der Waals surface area contributed by atoms with Gasteiger partial charge in [0.25, 0.3) is 0 Å². The third kappa shape index (κ3) is 5.82. The average molecular weight is 388 g/mol. The second-order valence-corrected chi connectivity index (χ2v) is 9.26. The van der Waals surface area contributed by atoms with Crippen LogP contribution in [-0.2, 0) is 21.2 Å². The Morgan fingerprint density at radius 3 is 2.44 bits per heavy atom. The third-order valence-corrected chi connectivity index (χ3v) is 7.05. The summed E-state index contributed by atoms with van der Waals surface area (Å²) in [7, 11) is -3.16. The standard InChI is InChI=1S/C21H25NO4S/c23-21(13-14-27(24,25)20-11-4-5-12-20)22-16-17-7-6-10-19(15-17)26-18-8-2-1-3-9-18/h1-3,6-10,15,20H,4-5,11-14,16H2,(H,22,23). The Balaban J connectivity index is 1.48. The molecule has 0 bridgehead atoms. The van der Waals surface area contributed by atoms with E-state index in [1.807, 2.05) is 54.6 Å². The van der Waals surface area contributed by atoms with Crippen molar-refractivity contribution >= 4 is 15.7 Å². The van der Waals surface area contributed by atoms with E-state index in [1.54, 1.807) is 0 Å². The smallest absolute Gasteiger partial charge is 0.221 e. The Morgan fingerprint density at radius 2 is 1.70 bits per heavy atom. The lowest BCUT2D eigenvalue weighted by Crippen LogP contribution is -2.28. The number of nitrogens with one attached hydrogen (secondary N) is 1. The fraction of sp³-hybridized carbons (Fsp3) is 0.381. The molecule has 0 aromatic heterocycles. The molecule has 3 rings (SSSR count). The first kappa shape index (κ1) is 19.4. The molecule has 2 aromatic rings. The van der Waals surface area contributed by atoms with Crippen molar-refractivity contribution in [3.05, 3.63) is 60.2 Å². The fourth-order valence-electron chi connectivity index (χ4n) is 3.28. The quantitative estimate of drug-likeness (QED) is 0.747. The van der Waals surface area contributed by atoms with Gasteiger partial charge in [-0.25, -0.2) is 8.42 Å². The maximum Gasteiger partial charge on any atom is 0.221 e. The van der Waals surface area contributed by atoms with Crippen molar-refractivity contribution in [2.45, 2.75) is 43.9 Å². The SMILES string of the molecule is O=C(CCS(=O)(=O)C1CCCC1)NCc1cccc(Oc2ccccc2)c1. The van der Waals surface area contributed by atoms with Crippen LogP contribution in [0.25, 0.3) is 0 Å². The first-order chi connectivity index (χ1) is 13.0. The first-order valence-corrected chi connectivity index (χ1v) is 11.0. The second-order valence-electron chi connectivity index (χ2n) is 6.86. The molecule has 0 radical (unpaired) electrons. The van der Waals surface area contributed by atoms with Crippen LogP contribution in [0.1, 0.15) is 37.7 Å². The van der Waals surface area contributed by atoms with Crippen molar-refractivity contribution < 1.29 is 17.9 Å². The van der Waals surface area contributed by atoms with Gasteiger partial charge < -0.3 is 10.1 Å². The van der Waals surface area contributed by atoms with E-state index < -0.39 is 9.84 Å². The summed E-state index contributed by atoms with van der Waals surface area (Å²) < 4.78 is 30.2. The number of amides is 1. The Labute approximate surface area is 160 Å². The minimum atomic E-state index is -3.16. The number of benzene rings is 2. The van der Waals surface area contributed by atoms with Gasteiger partial charge in [0.05, 0.1) is 11.0 Å². The second kappa shape index (κ2) is 9.04. The topological polar surface area (TPSA) is 72.5 Å². The molecule has 0 atom stereocenters. The minimum absolute atomic E-state index is 0.0129. The Morgan fingerprint density at radius 1 is 1.00 bits per heavy atom. The maximum atomic E-state index is 12.2. The van der Waals surface area contributed by atoms with Gasteiger partial charge in [-0.2, -0.15) is 0 Å². The number of hydrogen-bond acceptors (Lipinski definition) is 4. The third-order valence-electron chi connectivity index (χ3n) is 4.79. The highest BCUT2D eigenvalue weighted by Crippen LogP contribution is 2.25. The van der Waals surface area contributed by atoms with Crippen molar-refractivity contribution in [2.24, 2.45) is 0 Å². The normalized spacial score (nSPS) is 14.8. The molecule has 0 heterocycles. The van der Waals surface area contributed by atoms with Crippen LogP contribution in [0.4, 0.5) is 0 Å². The largest absolute Gasteiger partial charge is 0.457 e. The Hall–Kier alpha value is -2.34. The highest BCUT2D eigenvalue weighted by molar-refractivity contribution is 7.92. The van der Waals surface area contributed by atoms with Gasteiger partial charge in [-0.15, -0.1) is 0 Å². The van der Waals surface area contributed by atoms with Crippen molar-refractivity contribution in [2.75, 3.05) is 5.75 Å². The van der Waals surface area contributed by atoms with Gasteiger partial charge in [0, 0.05) is 13.0 Å².